The molecule has 3 nitrogen and oxygen atoms in total. The fourth-order valence-corrected chi connectivity index (χ4v) is 2.07. The van der Waals surface area contributed by atoms with Crippen LogP contribution in [0, 0.1) is 0 Å². The number of hydrogen-bond acceptors (Lipinski definition) is 2. The summed E-state index contributed by atoms with van der Waals surface area (Å²) in [5.41, 5.74) is -2.13. The molecule has 0 bridgehead atoms. The molecule has 0 unspecified atom stereocenters. The molecule has 0 amide bonds. The Morgan fingerprint density at radius 1 is 1.39 bits per heavy atom. The Balaban J connectivity index is 2.21. The molecule has 1 fully saturated rings. The maximum absolute atomic E-state index is 12.6. The smallest absolute Gasteiger partial charge is 0.376 e. The summed E-state index contributed by atoms with van der Waals surface area (Å²) >= 11 is 0. The van der Waals surface area contributed by atoms with E-state index in [2.05, 4.69) is 0 Å². The molecule has 2 heterocycles. The zero-order valence-corrected chi connectivity index (χ0v) is 9.74. The predicted molar refractivity (Wildman–Crippen MR) is 59.3 cm³/mol. The van der Waals surface area contributed by atoms with Crippen molar-refractivity contribution in [2.75, 3.05) is 6.61 Å². The summed E-state index contributed by atoms with van der Waals surface area (Å²) in [5, 5.41) is 0. The van der Waals surface area contributed by atoms with Crippen molar-refractivity contribution in [3.63, 3.8) is 0 Å². The standard InChI is InChI=1S/C12H14F3NO2/c13-12(14,15)10-5-3-6-16(11(10)17)8-9-4-1-2-7-18-9/h3,5-6,9H,1-2,4,7-8H2/t9-/m1/s1. The van der Waals surface area contributed by atoms with Gasteiger partial charge in [0.1, 0.15) is 5.56 Å². The van der Waals surface area contributed by atoms with Crippen molar-refractivity contribution >= 4 is 0 Å². The maximum atomic E-state index is 12.6. The van der Waals surface area contributed by atoms with Gasteiger partial charge in [-0.1, -0.05) is 0 Å². The van der Waals surface area contributed by atoms with Crippen LogP contribution in [0.2, 0.25) is 0 Å². The second-order valence-corrected chi connectivity index (χ2v) is 4.37. The Bertz CT molecular complexity index is 461. The number of alkyl halides is 3. The van der Waals surface area contributed by atoms with Gasteiger partial charge in [-0.25, -0.2) is 0 Å². The van der Waals surface area contributed by atoms with E-state index in [9.17, 15) is 18.0 Å². The first-order chi connectivity index (χ1) is 8.48. The summed E-state index contributed by atoms with van der Waals surface area (Å²) in [4.78, 5) is 11.7. The van der Waals surface area contributed by atoms with Gasteiger partial charge in [0, 0.05) is 12.8 Å². The number of hydrogen-bond donors (Lipinski definition) is 0. The monoisotopic (exact) mass is 261 g/mol. The van der Waals surface area contributed by atoms with Crippen molar-refractivity contribution in [2.45, 2.75) is 38.1 Å². The summed E-state index contributed by atoms with van der Waals surface area (Å²) in [6.45, 7) is 0.793. The van der Waals surface area contributed by atoms with Crippen molar-refractivity contribution in [1.82, 2.24) is 4.57 Å². The molecule has 0 aromatic carbocycles. The van der Waals surface area contributed by atoms with Crippen LogP contribution < -0.4 is 5.56 Å². The molecule has 1 atom stereocenters. The molecule has 100 valence electrons. The highest BCUT2D eigenvalue weighted by Gasteiger charge is 2.34. The largest absolute Gasteiger partial charge is 0.421 e. The minimum absolute atomic E-state index is 0.167. The van der Waals surface area contributed by atoms with E-state index in [4.69, 9.17) is 4.74 Å². The lowest BCUT2D eigenvalue weighted by Gasteiger charge is -2.23. The Labute approximate surface area is 102 Å². The number of aromatic nitrogens is 1. The first-order valence-electron chi connectivity index (χ1n) is 5.87. The molecule has 1 aliphatic rings. The molecule has 1 aromatic rings. The molecular weight excluding hydrogens is 247 g/mol. The molecule has 2 rings (SSSR count). The molecule has 1 saturated heterocycles. The van der Waals surface area contributed by atoms with Crippen molar-refractivity contribution in [3.05, 3.63) is 34.2 Å². The van der Waals surface area contributed by atoms with E-state index >= 15 is 0 Å². The van der Waals surface area contributed by atoms with Crippen molar-refractivity contribution in [2.24, 2.45) is 0 Å². The summed E-state index contributed by atoms with van der Waals surface area (Å²) in [5.74, 6) is 0. The highest BCUT2D eigenvalue weighted by molar-refractivity contribution is 5.14. The van der Waals surface area contributed by atoms with Gasteiger partial charge in [-0.15, -0.1) is 0 Å². The van der Waals surface area contributed by atoms with Crippen molar-refractivity contribution in [3.8, 4) is 0 Å². The van der Waals surface area contributed by atoms with E-state index in [-0.39, 0.29) is 12.6 Å². The van der Waals surface area contributed by atoms with E-state index in [0.717, 1.165) is 29.9 Å². The molecule has 0 radical (unpaired) electrons. The number of pyridine rings is 1. The Morgan fingerprint density at radius 3 is 2.78 bits per heavy atom. The van der Waals surface area contributed by atoms with Gasteiger partial charge < -0.3 is 9.30 Å². The molecule has 6 heteroatoms. The van der Waals surface area contributed by atoms with Crippen LogP contribution in [-0.4, -0.2) is 17.3 Å². The predicted octanol–water partition coefficient (Wildman–Crippen LogP) is 2.44. The van der Waals surface area contributed by atoms with Crippen LogP contribution in [-0.2, 0) is 17.5 Å². The second-order valence-electron chi connectivity index (χ2n) is 4.37. The lowest BCUT2D eigenvalue weighted by atomic mass is 10.1. The summed E-state index contributed by atoms with van der Waals surface area (Å²) in [6, 6.07) is 2.05. The molecule has 18 heavy (non-hydrogen) atoms. The second kappa shape index (κ2) is 5.14. The fourth-order valence-electron chi connectivity index (χ4n) is 2.07. The molecule has 0 N–H and O–H groups in total. The first-order valence-corrected chi connectivity index (χ1v) is 5.87. The van der Waals surface area contributed by atoms with E-state index in [1.54, 1.807) is 0 Å². The van der Waals surface area contributed by atoms with Crippen LogP contribution in [0.5, 0.6) is 0 Å². The van der Waals surface area contributed by atoms with Gasteiger partial charge in [0.2, 0.25) is 0 Å². The average Bonchev–Trinajstić information content (AvgIpc) is 2.32. The van der Waals surface area contributed by atoms with E-state index in [0.29, 0.717) is 6.61 Å². The molecule has 1 aromatic heterocycles. The Kier molecular flexibility index (Phi) is 3.75. The normalized spacial score (nSPS) is 20.9. The van der Waals surface area contributed by atoms with Crippen LogP contribution in [0.15, 0.2) is 23.1 Å². The third-order valence-electron chi connectivity index (χ3n) is 3.00. The molecule has 1 aliphatic heterocycles. The third kappa shape index (κ3) is 2.93. The molecule has 0 spiro atoms. The van der Waals surface area contributed by atoms with Gasteiger partial charge in [0.15, 0.2) is 0 Å². The molecular formula is C12H14F3NO2. The van der Waals surface area contributed by atoms with Gasteiger partial charge in [-0.3, -0.25) is 4.79 Å². The highest BCUT2D eigenvalue weighted by Crippen LogP contribution is 2.26. The third-order valence-corrected chi connectivity index (χ3v) is 3.00. The van der Waals surface area contributed by atoms with Crippen LogP contribution >= 0.6 is 0 Å². The number of rotatable bonds is 2. The summed E-state index contributed by atoms with van der Waals surface area (Å²) in [7, 11) is 0. The average molecular weight is 261 g/mol. The van der Waals surface area contributed by atoms with E-state index in [1.807, 2.05) is 0 Å². The van der Waals surface area contributed by atoms with Gasteiger partial charge in [-0.2, -0.15) is 13.2 Å². The number of nitrogens with zero attached hydrogens (tertiary/aromatic N) is 1. The number of ether oxygens (including phenoxy) is 1. The molecule has 0 aliphatic carbocycles. The van der Waals surface area contributed by atoms with Crippen LogP contribution in [0.1, 0.15) is 24.8 Å². The van der Waals surface area contributed by atoms with E-state index in [1.165, 1.54) is 12.3 Å². The van der Waals surface area contributed by atoms with Crippen LogP contribution in [0.25, 0.3) is 0 Å². The topological polar surface area (TPSA) is 31.2 Å². The fraction of sp³-hybridized carbons (Fsp3) is 0.583. The van der Waals surface area contributed by atoms with Crippen molar-refractivity contribution in [1.29, 1.82) is 0 Å². The lowest BCUT2D eigenvalue weighted by molar-refractivity contribution is -0.139. The maximum Gasteiger partial charge on any atom is 0.421 e. The number of halogens is 3. The molecule has 0 saturated carbocycles. The quantitative estimate of drug-likeness (QED) is 0.818. The van der Waals surface area contributed by atoms with Crippen LogP contribution in [0.3, 0.4) is 0 Å². The van der Waals surface area contributed by atoms with Gasteiger partial charge in [-0.05, 0) is 31.4 Å². The zero-order valence-electron chi connectivity index (χ0n) is 9.74. The van der Waals surface area contributed by atoms with E-state index < -0.39 is 17.3 Å². The Hall–Kier alpha value is -1.30. The zero-order chi connectivity index (χ0) is 13.2. The highest BCUT2D eigenvalue weighted by atomic mass is 19.4. The van der Waals surface area contributed by atoms with Crippen molar-refractivity contribution < 1.29 is 17.9 Å². The van der Waals surface area contributed by atoms with Gasteiger partial charge in [0.05, 0.1) is 12.6 Å². The Morgan fingerprint density at radius 2 is 2.17 bits per heavy atom. The minimum atomic E-state index is -4.60. The SMILES string of the molecule is O=c1c(C(F)(F)F)cccn1C[C@H]1CCCCO1. The van der Waals surface area contributed by atoms with Gasteiger partial charge in [0.25, 0.3) is 5.56 Å². The first kappa shape index (κ1) is 13.1. The summed E-state index contributed by atoms with van der Waals surface area (Å²) in [6.07, 6.45) is -0.669. The van der Waals surface area contributed by atoms with Crippen LogP contribution in [0.4, 0.5) is 13.2 Å². The minimum Gasteiger partial charge on any atom is -0.376 e. The lowest BCUT2D eigenvalue weighted by Crippen LogP contribution is -2.33. The van der Waals surface area contributed by atoms with Gasteiger partial charge >= 0.3 is 6.18 Å². The summed E-state index contributed by atoms with van der Waals surface area (Å²) < 4.78 is 44.2.